The van der Waals surface area contributed by atoms with Gasteiger partial charge in [0.15, 0.2) is 0 Å². The predicted molar refractivity (Wildman–Crippen MR) is 128 cm³/mol. The minimum atomic E-state index is -1.04. The number of alkyl carbamates (subject to hydrolysis) is 1. The van der Waals surface area contributed by atoms with Crippen LogP contribution in [0.4, 0.5) is 4.79 Å². The maximum Gasteiger partial charge on any atom is 0.407 e. The number of hydrogen-bond acceptors (Lipinski definition) is 5. The summed E-state index contributed by atoms with van der Waals surface area (Å²) >= 11 is 0. The van der Waals surface area contributed by atoms with E-state index >= 15 is 0 Å². The van der Waals surface area contributed by atoms with Crippen LogP contribution in [0.2, 0.25) is 0 Å². The van der Waals surface area contributed by atoms with Gasteiger partial charge in [0.05, 0.1) is 6.61 Å². The number of fused-ring (bicyclic) bond motifs is 3. The molecule has 2 N–H and O–H groups in total. The highest BCUT2D eigenvalue weighted by Crippen LogP contribution is 2.44. The zero-order chi connectivity index (χ0) is 24.5. The van der Waals surface area contributed by atoms with Crippen molar-refractivity contribution < 1.29 is 29.0 Å². The van der Waals surface area contributed by atoms with Crippen LogP contribution < -0.4 is 5.32 Å². The first kappa shape index (κ1) is 25.2. The molecule has 0 saturated carbocycles. The van der Waals surface area contributed by atoms with Crippen molar-refractivity contribution >= 4 is 18.0 Å². The molecule has 0 aliphatic heterocycles. The van der Waals surface area contributed by atoms with Crippen molar-refractivity contribution in [2.24, 2.45) is 0 Å². The second-order valence-corrected chi connectivity index (χ2v) is 8.07. The molecule has 0 radical (unpaired) electrons. The minimum Gasteiger partial charge on any atom is -0.481 e. The topological polar surface area (TPSA) is 105 Å². The van der Waals surface area contributed by atoms with Crippen molar-refractivity contribution in [1.29, 1.82) is 0 Å². The predicted octanol–water partition coefficient (Wildman–Crippen LogP) is 3.64. The van der Waals surface area contributed by atoms with Gasteiger partial charge in [0.2, 0.25) is 5.91 Å². The molecule has 3 rings (SSSR count). The second-order valence-electron chi connectivity index (χ2n) is 8.07. The molecule has 1 aliphatic carbocycles. The SMILES string of the molecule is CCOCCN(CC)C(=O)C(CCC(=O)O)NC(=O)OCC1c2ccccc2-c2ccccc21. The van der Waals surface area contributed by atoms with Gasteiger partial charge in [-0.25, -0.2) is 4.79 Å². The molecule has 0 spiro atoms. The quantitative estimate of drug-likeness (QED) is 0.461. The van der Waals surface area contributed by atoms with E-state index in [0.29, 0.717) is 26.3 Å². The molecule has 8 nitrogen and oxygen atoms in total. The smallest absolute Gasteiger partial charge is 0.407 e. The van der Waals surface area contributed by atoms with E-state index in [-0.39, 0.29) is 31.3 Å². The monoisotopic (exact) mass is 468 g/mol. The Morgan fingerprint density at radius 2 is 1.65 bits per heavy atom. The molecular formula is C26H32N2O6. The van der Waals surface area contributed by atoms with Gasteiger partial charge in [-0.2, -0.15) is 0 Å². The van der Waals surface area contributed by atoms with Crippen LogP contribution in [0.1, 0.15) is 43.7 Å². The van der Waals surface area contributed by atoms with Crippen LogP contribution in [0.25, 0.3) is 11.1 Å². The fourth-order valence-electron chi connectivity index (χ4n) is 4.27. The molecule has 2 aromatic carbocycles. The lowest BCUT2D eigenvalue weighted by Crippen LogP contribution is -2.49. The van der Waals surface area contributed by atoms with Crippen LogP contribution in [0.15, 0.2) is 48.5 Å². The highest BCUT2D eigenvalue weighted by molar-refractivity contribution is 5.86. The third kappa shape index (κ3) is 6.14. The molecule has 8 heteroatoms. The number of benzene rings is 2. The van der Waals surface area contributed by atoms with Gasteiger partial charge in [0.1, 0.15) is 12.6 Å². The maximum absolute atomic E-state index is 13.0. The van der Waals surface area contributed by atoms with Gasteiger partial charge in [0, 0.05) is 32.0 Å². The summed E-state index contributed by atoms with van der Waals surface area (Å²) < 4.78 is 10.9. The molecule has 1 aliphatic rings. The number of amides is 2. The van der Waals surface area contributed by atoms with E-state index in [9.17, 15) is 14.4 Å². The molecular weight excluding hydrogens is 436 g/mol. The van der Waals surface area contributed by atoms with Gasteiger partial charge in [-0.15, -0.1) is 0 Å². The van der Waals surface area contributed by atoms with Crippen LogP contribution in [0.3, 0.4) is 0 Å². The van der Waals surface area contributed by atoms with E-state index in [1.165, 1.54) is 0 Å². The number of carbonyl (C=O) groups excluding carboxylic acids is 2. The summed E-state index contributed by atoms with van der Waals surface area (Å²) in [6, 6.07) is 15.0. The summed E-state index contributed by atoms with van der Waals surface area (Å²) in [5, 5.41) is 11.7. The Bertz CT molecular complexity index is 963. The molecule has 2 amide bonds. The first-order valence-corrected chi connectivity index (χ1v) is 11.7. The number of rotatable bonds is 12. The van der Waals surface area contributed by atoms with E-state index in [1.54, 1.807) is 4.90 Å². The van der Waals surface area contributed by atoms with Gasteiger partial charge in [-0.3, -0.25) is 9.59 Å². The van der Waals surface area contributed by atoms with Gasteiger partial charge in [-0.05, 0) is 42.5 Å². The van der Waals surface area contributed by atoms with Crippen LogP contribution in [0, 0.1) is 0 Å². The Labute approximate surface area is 199 Å². The number of nitrogens with zero attached hydrogens (tertiary/aromatic N) is 1. The van der Waals surface area contributed by atoms with Crippen molar-refractivity contribution in [2.75, 3.05) is 32.9 Å². The number of hydrogen-bond donors (Lipinski definition) is 2. The molecule has 0 bridgehead atoms. The molecule has 34 heavy (non-hydrogen) atoms. The molecule has 2 aromatic rings. The number of likely N-dealkylation sites (N-methyl/N-ethyl adjacent to an activating group) is 1. The lowest BCUT2D eigenvalue weighted by atomic mass is 9.98. The number of carboxylic acid groups (broad SMARTS) is 1. The molecule has 1 atom stereocenters. The first-order valence-electron chi connectivity index (χ1n) is 11.7. The third-order valence-corrected chi connectivity index (χ3v) is 5.98. The first-order chi connectivity index (χ1) is 16.5. The Morgan fingerprint density at radius 1 is 1.03 bits per heavy atom. The fourth-order valence-corrected chi connectivity index (χ4v) is 4.27. The van der Waals surface area contributed by atoms with Crippen molar-refractivity contribution in [2.45, 2.75) is 38.6 Å². The van der Waals surface area contributed by atoms with Crippen LogP contribution in [-0.4, -0.2) is 66.9 Å². The Morgan fingerprint density at radius 3 is 2.21 bits per heavy atom. The Hall–Kier alpha value is -3.39. The summed E-state index contributed by atoms with van der Waals surface area (Å²) in [7, 11) is 0. The Balaban J connectivity index is 1.66. The van der Waals surface area contributed by atoms with Gasteiger partial charge in [-0.1, -0.05) is 48.5 Å². The van der Waals surface area contributed by atoms with E-state index in [4.69, 9.17) is 14.6 Å². The van der Waals surface area contributed by atoms with Crippen molar-refractivity contribution in [3.8, 4) is 11.1 Å². The summed E-state index contributed by atoms with van der Waals surface area (Å²) in [5.41, 5.74) is 4.41. The third-order valence-electron chi connectivity index (χ3n) is 5.98. The molecule has 0 saturated heterocycles. The van der Waals surface area contributed by atoms with Gasteiger partial charge < -0.3 is 24.8 Å². The van der Waals surface area contributed by atoms with E-state index in [1.807, 2.05) is 50.2 Å². The lowest BCUT2D eigenvalue weighted by Gasteiger charge is -2.26. The zero-order valence-electron chi connectivity index (χ0n) is 19.7. The standard InChI is InChI=1S/C26H32N2O6/c1-3-28(15-16-33-4-2)25(31)23(13-14-24(29)30)27-26(32)34-17-22-20-11-7-5-9-18(20)19-10-6-8-12-21(19)22/h5-12,22-23H,3-4,13-17H2,1-2H3,(H,27,32)(H,29,30). The molecule has 1 unspecified atom stereocenters. The number of ether oxygens (including phenoxy) is 2. The summed E-state index contributed by atoms with van der Waals surface area (Å²) in [4.78, 5) is 38.3. The maximum atomic E-state index is 13.0. The zero-order valence-corrected chi connectivity index (χ0v) is 19.7. The fraction of sp³-hybridized carbons (Fsp3) is 0.423. The molecule has 182 valence electrons. The average molecular weight is 469 g/mol. The molecule has 0 aromatic heterocycles. The Kier molecular flexibility index (Phi) is 9.04. The lowest BCUT2D eigenvalue weighted by molar-refractivity contribution is -0.138. The summed E-state index contributed by atoms with van der Waals surface area (Å²) in [6.07, 6.45) is -1.02. The number of carbonyl (C=O) groups is 3. The molecule has 0 fully saturated rings. The van der Waals surface area contributed by atoms with E-state index in [0.717, 1.165) is 22.3 Å². The van der Waals surface area contributed by atoms with Crippen LogP contribution >= 0.6 is 0 Å². The second kappa shape index (κ2) is 12.2. The molecule has 0 heterocycles. The van der Waals surface area contributed by atoms with Crippen LogP contribution in [0.5, 0.6) is 0 Å². The normalized spacial score (nSPS) is 13.0. The highest BCUT2D eigenvalue weighted by Gasteiger charge is 2.30. The minimum absolute atomic E-state index is 0.0243. The largest absolute Gasteiger partial charge is 0.481 e. The summed E-state index contributed by atoms with van der Waals surface area (Å²) in [5.74, 6) is -1.49. The number of carboxylic acids is 1. The average Bonchev–Trinajstić information content (AvgIpc) is 3.16. The number of aliphatic carboxylic acids is 1. The summed E-state index contributed by atoms with van der Waals surface area (Å²) in [6.45, 7) is 5.49. The van der Waals surface area contributed by atoms with Gasteiger partial charge >= 0.3 is 12.1 Å². The van der Waals surface area contributed by atoms with Crippen molar-refractivity contribution in [3.05, 3.63) is 59.7 Å². The van der Waals surface area contributed by atoms with E-state index < -0.39 is 18.1 Å². The van der Waals surface area contributed by atoms with E-state index in [2.05, 4.69) is 17.4 Å². The van der Waals surface area contributed by atoms with Crippen molar-refractivity contribution in [3.63, 3.8) is 0 Å². The number of nitrogens with one attached hydrogen (secondary N) is 1. The highest BCUT2D eigenvalue weighted by atomic mass is 16.5. The van der Waals surface area contributed by atoms with Crippen molar-refractivity contribution in [1.82, 2.24) is 10.2 Å². The van der Waals surface area contributed by atoms with Crippen LogP contribution in [-0.2, 0) is 19.1 Å². The van der Waals surface area contributed by atoms with Gasteiger partial charge in [0.25, 0.3) is 0 Å².